The molecule has 0 saturated heterocycles. The van der Waals surface area contributed by atoms with E-state index >= 15 is 0 Å². The van der Waals surface area contributed by atoms with Crippen molar-refractivity contribution in [2.24, 2.45) is 0 Å². The number of nitrogens with zero attached hydrogens (tertiary/aromatic N) is 1. The van der Waals surface area contributed by atoms with E-state index in [1.807, 2.05) is 60.7 Å². The monoisotopic (exact) mass is 360 g/mol. The number of carbonyl (C=O) groups is 1. The summed E-state index contributed by atoms with van der Waals surface area (Å²) < 4.78 is 10.6. The van der Waals surface area contributed by atoms with E-state index in [0.717, 1.165) is 27.6 Å². The van der Waals surface area contributed by atoms with Gasteiger partial charge in [-0.15, -0.1) is 11.8 Å². The number of rotatable bonds is 8. The van der Waals surface area contributed by atoms with Crippen molar-refractivity contribution in [3.8, 4) is 11.5 Å². The summed E-state index contributed by atoms with van der Waals surface area (Å²) in [4.78, 5) is 15.3. The Kier molecular flexibility index (Phi) is 7.16. The number of carbonyl (C=O) groups excluding carboxylic acids is 1. The van der Waals surface area contributed by atoms with Gasteiger partial charge in [0.05, 0.1) is 26.5 Å². The van der Waals surface area contributed by atoms with Crippen molar-refractivity contribution in [3.05, 3.63) is 48.0 Å². The van der Waals surface area contributed by atoms with E-state index in [0.29, 0.717) is 6.54 Å². The van der Waals surface area contributed by atoms with Gasteiger partial charge in [0.2, 0.25) is 5.91 Å². The van der Waals surface area contributed by atoms with E-state index in [-0.39, 0.29) is 12.5 Å². The minimum absolute atomic E-state index is 0.0449. The molecule has 0 heterocycles. The lowest BCUT2D eigenvalue weighted by Crippen LogP contribution is -2.30. The Morgan fingerprint density at radius 2 is 1.92 bits per heavy atom. The first-order valence-electron chi connectivity index (χ1n) is 7.89. The molecule has 1 amide bonds. The minimum Gasteiger partial charge on any atom is -0.497 e. The SMILES string of the molecule is COc1ccc(CN(C)CC(=O)Nc2ccccc2SC)c(OC)c1. The standard InChI is InChI=1S/C19H24N2O3S/c1-21(12-14-9-10-15(23-2)11-17(14)24-3)13-19(22)20-16-7-5-6-8-18(16)25-4/h5-11H,12-13H2,1-4H3,(H,20,22). The molecule has 0 bridgehead atoms. The van der Waals surface area contributed by atoms with Crippen molar-refractivity contribution in [2.45, 2.75) is 11.4 Å². The van der Waals surface area contributed by atoms with Gasteiger partial charge in [-0.3, -0.25) is 9.69 Å². The van der Waals surface area contributed by atoms with Crippen molar-refractivity contribution in [1.29, 1.82) is 0 Å². The Morgan fingerprint density at radius 3 is 2.60 bits per heavy atom. The maximum atomic E-state index is 12.3. The summed E-state index contributed by atoms with van der Waals surface area (Å²) in [7, 11) is 5.16. The lowest BCUT2D eigenvalue weighted by molar-refractivity contribution is -0.117. The smallest absolute Gasteiger partial charge is 0.238 e. The second-order valence-corrected chi connectivity index (χ2v) is 6.45. The molecule has 25 heavy (non-hydrogen) atoms. The summed E-state index contributed by atoms with van der Waals surface area (Å²) >= 11 is 1.61. The molecular formula is C19H24N2O3S. The molecule has 1 N–H and O–H groups in total. The van der Waals surface area contributed by atoms with Crippen LogP contribution in [-0.2, 0) is 11.3 Å². The molecule has 0 aliphatic heterocycles. The number of nitrogens with one attached hydrogen (secondary N) is 1. The molecule has 0 aliphatic rings. The van der Waals surface area contributed by atoms with Crippen LogP contribution in [0.25, 0.3) is 0 Å². The van der Waals surface area contributed by atoms with Gasteiger partial charge in [-0.25, -0.2) is 0 Å². The zero-order valence-corrected chi connectivity index (χ0v) is 15.9. The van der Waals surface area contributed by atoms with Crippen LogP contribution in [0.4, 0.5) is 5.69 Å². The van der Waals surface area contributed by atoms with Crippen LogP contribution >= 0.6 is 11.8 Å². The van der Waals surface area contributed by atoms with Crippen LogP contribution in [0.5, 0.6) is 11.5 Å². The van der Waals surface area contributed by atoms with Crippen LogP contribution in [-0.4, -0.2) is 44.9 Å². The number of likely N-dealkylation sites (N-methyl/N-ethyl adjacent to an activating group) is 1. The molecule has 2 aromatic carbocycles. The average molecular weight is 360 g/mol. The summed E-state index contributed by atoms with van der Waals surface area (Å²) in [5, 5.41) is 2.97. The molecule has 6 heteroatoms. The van der Waals surface area contributed by atoms with E-state index in [9.17, 15) is 4.79 Å². The molecular weight excluding hydrogens is 336 g/mol. The van der Waals surface area contributed by atoms with Gasteiger partial charge in [0.1, 0.15) is 11.5 Å². The summed E-state index contributed by atoms with van der Waals surface area (Å²) in [5.74, 6) is 1.45. The number of thioether (sulfide) groups is 1. The van der Waals surface area contributed by atoms with Crippen LogP contribution in [0, 0.1) is 0 Å². The number of ether oxygens (including phenoxy) is 2. The minimum atomic E-state index is -0.0449. The van der Waals surface area contributed by atoms with Gasteiger partial charge in [-0.1, -0.05) is 18.2 Å². The topological polar surface area (TPSA) is 50.8 Å². The highest BCUT2D eigenvalue weighted by molar-refractivity contribution is 7.98. The van der Waals surface area contributed by atoms with Gasteiger partial charge in [0, 0.05) is 23.1 Å². The fourth-order valence-electron chi connectivity index (χ4n) is 2.51. The van der Waals surface area contributed by atoms with E-state index in [2.05, 4.69) is 5.32 Å². The Hall–Kier alpha value is -2.18. The molecule has 2 rings (SSSR count). The van der Waals surface area contributed by atoms with Crippen molar-refractivity contribution in [2.75, 3.05) is 39.4 Å². The quantitative estimate of drug-likeness (QED) is 0.730. The van der Waals surface area contributed by atoms with E-state index < -0.39 is 0 Å². The number of para-hydroxylation sites is 1. The predicted octanol–water partition coefficient (Wildman–Crippen LogP) is 3.50. The van der Waals surface area contributed by atoms with E-state index in [1.165, 1.54) is 0 Å². The van der Waals surface area contributed by atoms with Crippen LogP contribution in [0.15, 0.2) is 47.4 Å². The second-order valence-electron chi connectivity index (χ2n) is 5.60. The van der Waals surface area contributed by atoms with E-state index in [4.69, 9.17) is 9.47 Å². The highest BCUT2D eigenvalue weighted by Gasteiger charge is 2.12. The highest BCUT2D eigenvalue weighted by Crippen LogP contribution is 2.26. The molecule has 0 saturated carbocycles. The van der Waals surface area contributed by atoms with Crippen LogP contribution in [0.1, 0.15) is 5.56 Å². The maximum Gasteiger partial charge on any atom is 0.238 e. The van der Waals surface area contributed by atoms with Gasteiger partial charge in [-0.05, 0) is 31.5 Å². The van der Waals surface area contributed by atoms with Crippen molar-refractivity contribution in [1.82, 2.24) is 4.90 Å². The fourth-order valence-corrected chi connectivity index (χ4v) is 3.07. The van der Waals surface area contributed by atoms with Gasteiger partial charge in [0.25, 0.3) is 0 Å². The average Bonchev–Trinajstić information content (AvgIpc) is 2.62. The third-order valence-electron chi connectivity index (χ3n) is 3.73. The molecule has 2 aromatic rings. The third-order valence-corrected chi connectivity index (χ3v) is 4.52. The summed E-state index contributed by atoms with van der Waals surface area (Å²) in [6.07, 6.45) is 1.99. The summed E-state index contributed by atoms with van der Waals surface area (Å²) in [5.41, 5.74) is 1.85. The Bertz CT molecular complexity index is 722. The normalized spacial score (nSPS) is 10.6. The van der Waals surface area contributed by atoms with Crippen molar-refractivity contribution >= 4 is 23.4 Å². The zero-order chi connectivity index (χ0) is 18.2. The molecule has 0 radical (unpaired) electrons. The molecule has 134 valence electrons. The fraction of sp³-hybridized carbons (Fsp3) is 0.316. The first-order valence-corrected chi connectivity index (χ1v) is 9.12. The number of methoxy groups -OCH3 is 2. The van der Waals surface area contributed by atoms with Crippen LogP contribution < -0.4 is 14.8 Å². The van der Waals surface area contributed by atoms with Crippen LogP contribution in [0.3, 0.4) is 0 Å². The van der Waals surface area contributed by atoms with Gasteiger partial charge in [-0.2, -0.15) is 0 Å². The first kappa shape index (κ1) is 19.1. The second kappa shape index (κ2) is 9.34. The largest absolute Gasteiger partial charge is 0.497 e. The zero-order valence-electron chi connectivity index (χ0n) is 15.0. The third kappa shape index (κ3) is 5.41. The Balaban J connectivity index is 1.98. The molecule has 0 aromatic heterocycles. The van der Waals surface area contributed by atoms with Crippen molar-refractivity contribution in [3.63, 3.8) is 0 Å². The molecule has 0 unspecified atom stereocenters. The Morgan fingerprint density at radius 1 is 1.16 bits per heavy atom. The number of anilines is 1. The number of hydrogen-bond donors (Lipinski definition) is 1. The van der Waals surface area contributed by atoms with Gasteiger partial charge < -0.3 is 14.8 Å². The van der Waals surface area contributed by atoms with E-state index in [1.54, 1.807) is 26.0 Å². The summed E-state index contributed by atoms with van der Waals surface area (Å²) in [6.45, 7) is 0.892. The highest BCUT2D eigenvalue weighted by atomic mass is 32.2. The van der Waals surface area contributed by atoms with Crippen LogP contribution in [0.2, 0.25) is 0 Å². The maximum absolute atomic E-state index is 12.3. The first-order chi connectivity index (χ1) is 12.1. The summed E-state index contributed by atoms with van der Waals surface area (Å²) in [6, 6.07) is 13.5. The number of hydrogen-bond acceptors (Lipinski definition) is 5. The van der Waals surface area contributed by atoms with Gasteiger partial charge in [0.15, 0.2) is 0 Å². The van der Waals surface area contributed by atoms with Gasteiger partial charge >= 0.3 is 0 Å². The number of benzene rings is 2. The molecule has 0 aliphatic carbocycles. The number of amides is 1. The molecule has 5 nitrogen and oxygen atoms in total. The molecule has 0 spiro atoms. The lowest BCUT2D eigenvalue weighted by Gasteiger charge is -2.19. The Labute approximate surface area is 153 Å². The van der Waals surface area contributed by atoms with Crippen molar-refractivity contribution < 1.29 is 14.3 Å². The molecule has 0 atom stereocenters. The lowest BCUT2D eigenvalue weighted by atomic mass is 10.2. The predicted molar refractivity (Wildman–Crippen MR) is 103 cm³/mol. The molecule has 0 fully saturated rings.